The van der Waals surface area contributed by atoms with Crippen LogP contribution < -0.4 is 0 Å². The van der Waals surface area contributed by atoms with Crippen molar-refractivity contribution < 1.29 is 18.3 Å². The fourth-order valence-corrected chi connectivity index (χ4v) is 2.84. The van der Waals surface area contributed by atoms with E-state index >= 15 is 0 Å². The van der Waals surface area contributed by atoms with Crippen molar-refractivity contribution in [3.63, 3.8) is 0 Å². The number of ether oxygens (including phenoxy) is 1. The van der Waals surface area contributed by atoms with Crippen molar-refractivity contribution in [3.05, 3.63) is 0 Å². The minimum Gasteiger partial charge on any atom is -0.393 e. The predicted octanol–water partition coefficient (Wildman–Crippen LogP) is -0.581. The number of hydrogen-bond acceptors (Lipinski definition) is 4. The fourth-order valence-electron chi connectivity index (χ4n) is 1.44. The van der Waals surface area contributed by atoms with Crippen molar-refractivity contribution in [1.82, 2.24) is 4.31 Å². The van der Waals surface area contributed by atoms with Gasteiger partial charge in [-0.1, -0.05) is 0 Å². The second-order valence-corrected chi connectivity index (χ2v) is 5.53. The van der Waals surface area contributed by atoms with Crippen molar-refractivity contribution >= 4 is 10.0 Å². The number of methoxy groups -OCH3 is 1. The molecule has 0 aromatic heterocycles. The van der Waals surface area contributed by atoms with E-state index in [9.17, 15) is 13.5 Å². The Morgan fingerprint density at radius 1 is 1.43 bits per heavy atom. The first-order chi connectivity index (χ1) is 6.56. The van der Waals surface area contributed by atoms with Crippen LogP contribution in [-0.4, -0.2) is 56.5 Å². The van der Waals surface area contributed by atoms with Crippen LogP contribution in [0, 0.1) is 0 Å². The van der Waals surface area contributed by atoms with Crippen molar-refractivity contribution in [3.8, 4) is 0 Å². The Labute approximate surface area is 84.7 Å². The first kappa shape index (κ1) is 11.9. The molecule has 0 aromatic rings. The quantitative estimate of drug-likeness (QED) is 0.692. The molecule has 0 unspecified atom stereocenters. The summed E-state index contributed by atoms with van der Waals surface area (Å²) in [6.45, 7) is 1.07. The molecule has 1 saturated heterocycles. The zero-order valence-corrected chi connectivity index (χ0v) is 9.16. The molecule has 1 N–H and O–H groups in total. The summed E-state index contributed by atoms with van der Waals surface area (Å²) in [4.78, 5) is 0. The highest BCUT2D eigenvalue weighted by molar-refractivity contribution is 7.89. The second-order valence-electron chi connectivity index (χ2n) is 3.44. The molecule has 0 bridgehead atoms. The number of aliphatic hydroxyl groups is 1. The largest absolute Gasteiger partial charge is 0.393 e. The minimum absolute atomic E-state index is 0.0274. The average Bonchev–Trinajstić information content (AvgIpc) is 2.16. The minimum atomic E-state index is -3.17. The van der Waals surface area contributed by atoms with Crippen LogP contribution >= 0.6 is 0 Å². The highest BCUT2D eigenvalue weighted by atomic mass is 32.2. The van der Waals surface area contributed by atoms with E-state index in [-0.39, 0.29) is 18.5 Å². The summed E-state index contributed by atoms with van der Waals surface area (Å²) >= 11 is 0. The third-order valence-corrected chi connectivity index (χ3v) is 4.20. The molecule has 1 aliphatic heterocycles. The van der Waals surface area contributed by atoms with Crippen LogP contribution in [0.3, 0.4) is 0 Å². The maximum absolute atomic E-state index is 11.6. The Kier molecular flexibility index (Phi) is 4.31. The van der Waals surface area contributed by atoms with E-state index in [1.165, 1.54) is 11.4 Å². The number of hydrogen-bond donors (Lipinski definition) is 1. The number of sulfonamides is 1. The zero-order valence-electron chi connectivity index (χ0n) is 8.35. The Bertz CT molecular complexity index is 257. The van der Waals surface area contributed by atoms with Gasteiger partial charge in [-0.2, -0.15) is 0 Å². The molecule has 6 heteroatoms. The average molecular weight is 223 g/mol. The summed E-state index contributed by atoms with van der Waals surface area (Å²) in [5.74, 6) is 0.0274. The molecule has 1 aliphatic rings. The first-order valence-corrected chi connectivity index (χ1v) is 6.32. The van der Waals surface area contributed by atoms with E-state index in [0.29, 0.717) is 25.9 Å². The van der Waals surface area contributed by atoms with Gasteiger partial charge in [0.05, 0.1) is 18.5 Å². The van der Waals surface area contributed by atoms with E-state index in [0.717, 1.165) is 0 Å². The van der Waals surface area contributed by atoms with Gasteiger partial charge >= 0.3 is 0 Å². The number of piperidine rings is 1. The lowest BCUT2D eigenvalue weighted by molar-refractivity contribution is 0.112. The third kappa shape index (κ3) is 3.20. The highest BCUT2D eigenvalue weighted by Gasteiger charge is 2.26. The van der Waals surface area contributed by atoms with Crippen LogP contribution in [0.1, 0.15) is 12.8 Å². The van der Waals surface area contributed by atoms with E-state index in [1.54, 1.807) is 0 Å². The molecule has 14 heavy (non-hydrogen) atoms. The summed E-state index contributed by atoms with van der Waals surface area (Å²) in [6.07, 6.45) is 0.724. The van der Waals surface area contributed by atoms with E-state index in [2.05, 4.69) is 0 Å². The van der Waals surface area contributed by atoms with Gasteiger partial charge in [-0.15, -0.1) is 0 Å². The van der Waals surface area contributed by atoms with Crippen LogP contribution in [0.25, 0.3) is 0 Å². The van der Waals surface area contributed by atoms with Crippen molar-refractivity contribution in [2.24, 2.45) is 0 Å². The molecule has 0 spiro atoms. The molecular weight excluding hydrogens is 206 g/mol. The lowest BCUT2D eigenvalue weighted by Crippen LogP contribution is -2.41. The molecule has 0 radical (unpaired) electrons. The zero-order chi connectivity index (χ0) is 10.6. The van der Waals surface area contributed by atoms with Crippen LogP contribution in [0.2, 0.25) is 0 Å². The topological polar surface area (TPSA) is 66.8 Å². The van der Waals surface area contributed by atoms with Gasteiger partial charge in [-0.25, -0.2) is 12.7 Å². The lowest BCUT2D eigenvalue weighted by Gasteiger charge is -2.28. The van der Waals surface area contributed by atoms with Crippen LogP contribution in [0.4, 0.5) is 0 Å². The van der Waals surface area contributed by atoms with Gasteiger partial charge in [-0.3, -0.25) is 0 Å². The molecular formula is C8H17NO4S. The summed E-state index contributed by atoms with van der Waals surface area (Å²) < 4.78 is 29.4. The maximum atomic E-state index is 11.6. The molecule has 0 saturated carbocycles. The lowest BCUT2D eigenvalue weighted by atomic mass is 10.1. The van der Waals surface area contributed by atoms with Crippen LogP contribution in [0.5, 0.6) is 0 Å². The van der Waals surface area contributed by atoms with Gasteiger partial charge in [0.1, 0.15) is 0 Å². The van der Waals surface area contributed by atoms with Crippen LogP contribution in [-0.2, 0) is 14.8 Å². The summed E-state index contributed by atoms with van der Waals surface area (Å²) in [6, 6.07) is 0. The molecule has 84 valence electrons. The standard InChI is InChI=1S/C8H17NO4S/c1-13-6-7-14(11,12)9-4-2-8(10)3-5-9/h8,10H,2-7H2,1H3. The number of rotatable bonds is 4. The molecule has 0 aliphatic carbocycles. The van der Waals surface area contributed by atoms with Crippen LogP contribution in [0.15, 0.2) is 0 Å². The normalized spacial score (nSPS) is 21.3. The van der Waals surface area contributed by atoms with Gasteiger partial charge < -0.3 is 9.84 Å². The molecule has 0 atom stereocenters. The fraction of sp³-hybridized carbons (Fsp3) is 1.00. The van der Waals surface area contributed by atoms with Crippen molar-refractivity contribution in [1.29, 1.82) is 0 Å². The van der Waals surface area contributed by atoms with Gasteiger partial charge in [0, 0.05) is 20.2 Å². The molecule has 1 rings (SSSR count). The Morgan fingerprint density at radius 3 is 2.50 bits per heavy atom. The number of nitrogens with zero attached hydrogens (tertiary/aromatic N) is 1. The second kappa shape index (κ2) is 5.06. The molecule has 1 fully saturated rings. The van der Waals surface area contributed by atoms with E-state index < -0.39 is 10.0 Å². The predicted molar refractivity (Wildman–Crippen MR) is 52.5 cm³/mol. The maximum Gasteiger partial charge on any atom is 0.216 e. The Morgan fingerprint density at radius 2 is 2.00 bits per heavy atom. The Hall–Kier alpha value is -0.170. The van der Waals surface area contributed by atoms with Gasteiger partial charge in [0.25, 0.3) is 0 Å². The van der Waals surface area contributed by atoms with Gasteiger partial charge in [0.2, 0.25) is 10.0 Å². The smallest absolute Gasteiger partial charge is 0.216 e. The molecule has 1 heterocycles. The Balaban J connectivity index is 2.47. The summed E-state index contributed by atoms with van der Waals surface area (Å²) in [5.41, 5.74) is 0. The van der Waals surface area contributed by atoms with Crippen molar-refractivity contribution in [2.75, 3.05) is 32.6 Å². The van der Waals surface area contributed by atoms with Crippen molar-refractivity contribution in [2.45, 2.75) is 18.9 Å². The molecule has 5 nitrogen and oxygen atoms in total. The summed E-state index contributed by atoms with van der Waals surface area (Å²) in [7, 11) is -1.69. The SMILES string of the molecule is COCCS(=O)(=O)N1CCC(O)CC1. The summed E-state index contributed by atoms with van der Waals surface area (Å²) in [5, 5.41) is 9.22. The molecule has 0 amide bonds. The van der Waals surface area contributed by atoms with E-state index in [4.69, 9.17) is 4.74 Å². The molecule has 0 aromatic carbocycles. The third-order valence-electron chi connectivity index (χ3n) is 2.36. The first-order valence-electron chi connectivity index (χ1n) is 4.71. The van der Waals surface area contributed by atoms with Gasteiger partial charge in [-0.05, 0) is 12.8 Å². The monoisotopic (exact) mass is 223 g/mol. The van der Waals surface area contributed by atoms with E-state index in [1.807, 2.05) is 0 Å². The van der Waals surface area contributed by atoms with Gasteiger partial charge in [0.15, 0.2) is 0 Å². The highest BCUT2D eigenvalue weighted by Crippen LogP contribution is 2.13. The number of aliphatic hydroxyl groups excluding tert-OH is 1.